The molecule has 1 unspecified atom stereocenters. The maximum Gasteiger partial charge on any atom is 0.123 e. The molecule has 0 radical (unpaired) electrons. The maximum atomic E-state index is 12.8. The molecule has 2 aromatic rings. The van der Waals surface area contributed by atoms with Crippen molar-refractivity contribution in [2.45, 2.75) is 13.0 Å². The Balaban J connectivity index is 2.15. The number of nitrogens with one attached hydrogen (secondary N) is 1. The topological polar surface area (TPSA) is 12.0 Å². The highest BCUT2D eigenvalue weighted by Gasteiger charge is 2.08. The molecule has 0 bridgehead atoms. The van der Waals surface area contributed by atoms with Crippen molar-refractivity contribution in [2.24, 2.45) is 0 Å². The van der Waals surface area contributed by atoms with Crippen molar-refractivity contribution in [1.82, 2.24) is 0 Å². The van der Waals surface area contributed by atoms with Crippen LogP contribution in [0.2, 0.25) is 5.02 Å². The summed E-state index contributed by atoms with van der Waals surface area (Å²) in [5.74, 6) is -0.229. The Labute approximate surface area is 119 Å². The first-order chi connectivity index (χ1) is 8.56. The fraction of sp³-hybridized carbons (Fsp3) is 0.143. The minimum absolute atomic E-state index is 0.0595. The van der Waals surface area contributed by atoms with Gasteiger partial charge in [0, 0.05) is 10.5 Å². The van der Waals surface area contributed by atoms with Gasteiger partial charge in [0.05, 0.1) is 10.7 Å². The maximum absolute atomic E-state index is 12.8. The van der Waals surface area contributed by atoms with Crippen LogP contribution >= 0.6 is 27.5 Å². The van der Waals surface area contributed by atoms with Gasteiger partial charge in [-0.3, -0.25) is 0 Å². The molecule has 0 aliphatic heterocycles. The number of rotatable bonds is 3. The van der Waals surface area contributed by atoms with E-state index in [2.05, 4.69) is 21.2 Å². The lowest BCUT2D eigenvalue weighted by Gasteiger charge is -2.17. The van der Waals surface area contributed by atoms with Crippen LogP contribution < -0.4 is 5.32 Å². The number of halogens is 3. The first-order valence-electron chi connectivity index (χ1n) is 5.53. The average Bonchev–Trinajstić information content (AvgIpc) is 2.33. The quantitative estimate of drug-likeness (QED) is 0.794. The lowest BCUT2D eigenvalue weighted by Crippen LogP contribution is -2.06. The van der Waals surface area contributed by atoms with E-state index >= 15 is 0 Å². The summed E-state index contributed by atoms with van der Waals surface area (Å²) in [5.41, 5.74) is 1.87. The largest absolute Gasteiger partial charge is 0.377 e. The first kappa shape index (κ1) is 13.4. The van der Waals surface area contributed by atoms with Crippen molar-refractivity contribution in [3.63, 3.8) is 0 Å². The third-order valence-electron chi connectivity index (χ3n) is 2.67. The highest BCUT2D eigenvalue weighted by atomic mass is 79.9. The second kappa shape index (κ2) is 5.72. The van der Waals surface area contributed by atoms with Crippen molar-refractivity contribution in [2.75, 3.05) is 5.32 Å². The van der Waals surface area contributed by atoms with E-state index in [9.17, 15) is 4.39 Å². The number of anilines is 1. The molecule has 0 saturated carbocycles. The zero-order chi connectivity index (χ0) is 13.1. The van der Waals surface area contributed by atoms with Crippen LogP contribution in [0.3, 0.4) is 0 Å². The van der Waals surface area contributed by atoms with E-state index in [1.165, 1.54) is 12.1 Å². The van der Waals surface area contributed by atoms with Gasteiger partial charge in [-0.05, 0) is 42.8 Å². The van der Waals surface area contributed by atoms with Gasteiger partial charge in [-0.2, -0.15) is 0 Å². The van der Waals surface area contributed by atoms with Crippen LogP contribution in [0, 0.1) is 5.82 Å². The normalized spacial score (nSPS) is 12.2. The van der Waals surface area contributed by atoms with Crippen LogP contribution in [0.15, 0.2) is 46.9 Å². The predicted molar refractivity (Wildman–Crippen MR) is 77.6 cm³/mol. The van der Waals surface area contributed by atoms with E-state index in [0.29, 0.717) is 5.02 Å². The Hall–Kier alpha value is -1.06. The first-order valence-corrected chi connectivity index (χ1v) is 6.70. The molecule has 0 amide bonds. The molecule has 0 aliphatic carbocycles. The molecule has 4 heteroatoms. The highest BCUT2D eigenvalue weighted by Crippen LogP contribution is 2.28. The molecule has 0 saturated heterocycles. The third kappa shape index (κ3) is 3.24. The van der Waals surface area contributed by atoms with Gasteiger partial charge in [0.2, 0.25) is 0 Å². The van der Waals surface area contributed by atoms with Gasteiger partial charge in [-0.25, -0.2) is 4.39 Å². The Kier molecular flexibility index (Phi) is 4.25. The van der Waals surface area contributed by atoms with Gasteiger partial charge in [0.15, 0.2) is 0 Å². The Morgan fingerprint density at radius 3 is 2.44 bits per heavy atom. The van der Waals surface area contributed by atoms with Crippen molar-refractivity contribution >= 4 is 33.2 Å². The lowest BCUT2D eigenvalue weighted by atomic mass is 10.1. The van der Waals surface area contributed by atoms with E-state index in [0.717, 1.165) is 15.7 Å². The zero-order valence-electron chi connectivity index (χ0n) is 9.75. The Morgan fingerprint density at radius 2 is 1.83 bits per heavy atom. The predicted octanol–water partition coefficient (Wildman–Crippen LogP) is 5.41. The van der Waals surface area contributed by atoms with Crippen LogP contribution in [0.1, 0.15) is 18.5 Å². The summed E-state index contributed by atoms with van der Waals surface area (Å²) in [7, 11) is 0. The second-order valence-electron chi connectivity index (χ2n) is 4.04. The van der Waals surface area contributed by atoms with Crippen LogP contribution in [-0.2, 0) is 0 Å². The molecule has 1 atom stereocenters. The molecule has 1 N–H and O–H groups in total. The third-order valence-corrected chi connectivity index (χ3v) is 3.48. The summed E-state index contributed by atoms with van der Waals surface area (Å²) < 4.78 is 13.8. The molecular weight excluding hydrogens is 317 g/mol. The molecular formula is C14H12BrClFN. The van der Waals surface area contributed by atoms with Crippen LogP contribution in [0.5, 0.6) is 0 Å². The van der Waals surface area contributed by atoms with Gasteiger partial charge in [-0.1, -0.05) is 39.7 Å². The summed E-state index contributed by atoms with van der Waals surface area (Å²) in [6.45, 7) is 2.01. The smallest absolute Gasteiger partial charge is 0.123 e. The Morgan fingerprint density at radius 1 is 1.17 bits per heavy atom. The SMILES string of the molecule is CC(Nc1ccc(Br)cc1Cl)c1ccc(F)cc1. The monoisotopic (exact) mass is 327 g/mol. The summed E-state index contributed by atoms with van der Waals surface area (Å²) in [5, 5.41) is 3.95. The molecule has 0 spiro atoms. The fourth-order valence-corrected chi connectivity index (χ4v) is 2.40. The fourth-order valence-electron chi connectivity index (χ4n) is 1.67. The summed E-state index contributed by atoms with van der Waals surface area (Å²) in [6, 6.07) is 12.2. The van der Waals surface area contributed by atoms with Gasteiger partial charge in [-0.15, -0.1) is 0 Å². The zero-order valence-corrected chi connectivity index (χ0v) is 12.1. The van der Waals surface area contributed by atoms with Crippen molar-refractivity contribution in [3.8, 4) is 0 Å². The molecule has 1 nitrogen and oxygen atoms in total. The van der Waals surface area contributed by atoms with E-state index in [1.807, 2.05) is 25.1 Å². The number of hydrogen-bond donors (Lipinski definition) is 1. The molecule has 0 aliphatic rings. The van der Waals surface area contributed by atoms with Crippen LogP contribution in [0.4, 0.5) is 10.1 Å². The molecule has 94 valence electrons. The molecule has 0 aromatic heterocycles. The molecule has 2 rings (SSSR count). The average molecular weight is 329 g/mol. The van der Waals surface area contributed by atoms with E-state index < -0.39 is 0 Å². The lowest BCUT2D eigenvalue weighted by molar-refractivity contribution is 0.626. The van der Waals surface area contributed by atoms with Gasteiger partial charge in [0.25, 0.3) is 0 Å². The van der Waals surface area contributed by atoms with E-state index in [1.54, 1.807) is 12.1 Å². The van der Waals surface area contributed by atoms with Crippen LogP contribution in [-0.4, -0.2) is 0 Å². The number of hydrogen-bond acceptors (Lipinski definition) is 1. The summed E-state index contributed by atoms with van der Waals surface area (Å²) in [6.07, 6.45) is 0. The summed E-state index contributed by atoms with van der Waals surface area (Å²) >= 11 is 9.50. The van der Waals surface area contributed by atoms with Crippen molar-refractivity contribution in [3.05, 3.63) is 63.3 Å². The molecule has 18 heavy (non-hydrogen) atoms. The van der Waals surface area contributed by atoms with Gasteiger partial charge < -0.3 is 5.32 Å². The van der Waals surface area contributed by atoms with E-state index in [-0.39, 0.29) is 11.9 Å². The summed E-state index contributed by atoms with van der Waals surface area (Å²) in [4.78, 5) is 0. The van der Waals surface area contributed by atoms with Crippen molar-refractivity contribution in [1.29, 1.82) is 0 Å². The van der Waals surface area contributed by atoms with Crippen LogP contribution in [0.25, 0.3) is 0 Å². The van der Waals surface area contributed by atoms with Gasteiger partial charge in [0.1, 0.15) is 5.82 Å². The minimum atomic E-state index is -0.229. The number of benzene rings is 2. The van der Waals surface area contributed by atoms with Gasteiger partial charge >= 0.3 is 0 Å². The van der Waals surface area contributed by atoms with Crippen molar-refractivity contribution < 1.29 is 4.39 Å². The molecule has 0 heterocycles. The highest BCUT2D eigenvalue weighted by molar-refractivity contribution is 9.10. The minimum Gasteiger partial charge on any atom is -0.377 e. The standard InChI is InChI=1S/C14H12BrClFN/c1-9(10-2-5-12(17)6-3-10)18-14-7-4-11(15)8-13(14)16/h2-9,18H,1H3. The molecule has 2 aromatic carbocycles. The Bertz CT molecular complexity index is 542. The molecule has 0 fully saturated rings. The second-order valence-corrected chi connectivity index (χ2v) is 5.36. The van der Waals surface area contributed by atoms with E-state index in [4.69, 9.17) is 11.6 Å².